The van der Waals surface area contributed by atoms with Gasteiger partial charge in [0.15, 0.2) is 0 Å². The van der Waals surface area contributed by atoms with E-state index in [9.17, 15) is 14.4 Å². The van der Waals surface area contributed by atoms with E-state index in [2.05, 4.69) is 5.32 Å². The molecule has 0 spiro atoms. The van der Waals surface area contributed by atoms with Gasteiger partial charge in [0.1, 0.15) is 6.04 Å². The van der Waals surface area contributed by atoms with Crippen molar-refractivity contribution < 1.29 is 19.5 Å². The van der Waals surface area contributed by atoms with Crippen LogP contribution >= 0.6 is 11.8 Å². The predicted octanol–water partition coefficient (Wildman–Crippen LogP) is 1.45. The van der Waals surface area contributed by atoms with Crippen LogP contribution in [0.5, 0.6) is 0 Å². The molecule has 0 aromatic heterocycles. The Morgan fingerprint density at radius 1 is 1.33 bits per heavy atom. The lowest BCUT2D eigenvalue weighted by molar-refractivity contribution is -0.139. The molecular formula is C14H24N2O4S. The summed E-state index contributed by atoms with van der Waals surface area (Å²) in [4.78, 5) is 36.3. The minimum atomic E-state index is -0.843. The number of carboxylic acids is 1. The van der Waals surface area contributed by atoms with E-state index in [0.29, 0.717) is 30.9 Å². The fourth-order valence-electron chi connectivity index (χ4n) is 2.04. The fraction of sp³-hybridized carbons (Fsp3) is 0.786. The van der Waals surface area contributed by atoms with Gasteiger partial charge in [-0.1, -0.05) is 6.92 Å². The highest BCUT2D eigenvalue weighted by Gasteiger charge is 2.34. The van der Waals surface area contributed by atoms with Gasteiger partial charge in [-0.25, -0.2) is 0 Å². The topological polar surface area (TPSA) is 86.7 Å². The number of carboxylic acid groups (broad SMARTS) is 1. The van der Waals surface area contributed by atoms with Gasteiger partial charge >= 0.3 is 5.97 Å². The highest BCUT2D eigenvalue weighted by atomic mass is 32.2. The van der Waals surface area contributed by atoms with Gasteiger partial charge in [-0.2, -0.15) is 0 Å². The van der Waals surface area contributed by atoms with Gasteiger partial charge < -0.3 is 15.3 Å². The summed E-state index contributed by atoms with van der Waals surface area (Å²) in [6.07, 6.45) is 2.29. The molecule has 2 N–H and O–H groups in total. The molecule has 2 amide bonds. The minimum Gasteiger partial charge on any atom is -0.481 e. The van der Waals surface area contributed by atoms with Gasteiger partial charge in [0.25, 0.3) is 0 Å². The second-order valence-corrected chi connectivity index (χ2v) is 6.30. The van der Waals surface area contributed by atoms with Crippen LogP contribution in [-0.4, -0.2) is 51.5 Å². The third-order valence-electron chi connectivity index (χ3n) is 3.54. The summed E-state index contributed by atoms with van der Waals surface area (Å²) in [5, 5.41) is 11.5. The molecule has 1 fully saturated rings. The van der Waals surface area contributed by atoms with Crippen LogP contribution in [0.1, 0.15) is 46.0 Å². The largest absolute Gasteiger partial charge is 0.481 e. The summed E-state index contributed by atoms with van der Waals surface area (Å²) in [6, 6.07) is -0.286. The summed E-state index contributed by atoms with van der Waals surface area (Å²) in [5.74, 6) is 0.173. The average Bonchev–Trinajstić information content (AvgIpc) is 2.92. The molecule has 0 aromatic rings. The summed E-state index contributed by atoms with van der Waals surface area (Å²) < 4.78 is 0. The lowest BCUT2D eigenvalue weighted by Crippen LogP contribution is -2.49. The van der Waals surface area contributed by atoms with Crippen LogP contribution in [0, 0.1) is 0 Å². The molecule has 120 valence electrons. The maximum atomic E-state index is 12.2. The number of hydrogen-bond acceptors (Lipinski definition) is 4. The standard InChI is InChI=1S/C14H24N2O4S/c1-3-10(2)15-14(20)11-8-21-9-16(11)12(17)6-4-5-7-13(18)19/h10-11H,3-9H2,1-2H3,(H,15,20)(H,18,19). The summed E-state index contributed by atoms with van der Waals surface area (Å²) in [7, 11) is 0. The zero-order valence-electron chi connectivity index (χ0n) is 12.6. The number of nitrogens with zero attached hydrogens (tertiary/aromatic N) is 1. The van der Waals surface area contributed by atoms with Crippen LogP contribution in [0.15, 0.2) is 0 Å². The van der Waals surface area contributed by atoms with Crippen LogP contribution < -0.4 is 5.32 Å². The molecule has 7 heteroatoms. The predicted molar refractivity (Wildman–Crippen MR) is 82.0 cm³/mol. The number of carbonyl (C=O) groups excluding carboxylic acids is 2. The first-order valence-electron chi connectivity index (χ1n) is 7.35. The summed E-state index contributed by atoms with van der Waals surface area (Å²) in [5.41, 5.74) is 0. The first kappa shape index (κ1) is 17.8. The Labute approximate surface area is 129 Å². The second kappa shape index (κ2) is 8.92. The number of thioether (sulfide) groups is 1. The van der Waals surface area contributed by atoms with Gasteiger partial charge in [-0.15, -0.1) is 11.8 Å². The number of amides is 2. The molecule has 1 saturated heterocycles. The van der Waals surface area contributed by atoms with Crippen LogP contribution in [-0.2, 0) is 14.4 Å². The molecule has 21 heavy (non-hydrogen) atoms. The lowest BCUT2D eigenvalue weighted by atomic mass is 10.1. The second-order valence-electron chi connectivity index (χ2n) is 5.30. The molecular weight excluding hydrogens is 292 g/mol. The number of carbonyl (C=O) groups is 3. The zero-order chi connectivity index (χ0) is 15.8. The van der Waals surface area contributed by atoms with Crippen molar-refractivity contribution in [3.63, 3.8) is 0 Å². The number of aliphatic carboxylic acids is 1. The van der Waals surface area contributed by atoms with Crippen LogP contribution in [0.4, 0.5) is 0 Å². The maximum absolute atomic E-state index is 12.2. The van der Waals surface area contributed by atoms with Gasteiger partial charge in [-0.05, 0) is 26.2 Å². The Morgan fingerprint density at radius 3 is 2.62 bits per heavy atom. The molecule has 1 aliphatic rings. The van der Waals surface area contributed by atoms with Gasteiger partial charge in [0.2, 0.25) is 11.8 Å². The van der Waals surface area contributed by atoms with E-state index < -0.39 is 12.0 Å². The lowest BCUT2D eigenvalue weighted by Gasteiger charge is -2.24. The monoisotopic (exact) mass is 316 g/mol. The minimum absolute atomic E-state index is 0.0605. The van der Waals surface area contributed by atoms with Crippen LogP contribution in [0.2, 0.25) is 0 Å². The smallest absolute Gasteiger partial charge is 0.303 e. The van der Waals surface area contributed by atoms with Crippen molar-refractivity contribution in [1.29, 1.82) is 0 Å². The Hall–Kier alpha value is -1.24. The highest BCUT2D eigenvalue weighted by Crippen LogP contribution is 2.22. The molecule has 0 saturated carbocycles. The Kier molecular flexibility index (Phi) is 7.56. The molecule has 0 bridgehead atoms. The number of unbranched alkanes of at least 4 members (excludes halogenated alkanes) is 1. The van der Waals surface area contributed by atoms with Crippen molar-refractivity contribution in [1.82, 2.24) is 10.2 Å². The Bertz CT molecular complexity index is 389. The number of nitrogens with one attached hydrogen (secondary N) is 1. The average molecular weight is 316 g/mol. The van der Waals surface area contributed by atoms with Crippen LogP contribution in [0.25, 0.3) is 0 Å². The molecule has 1 heterocycles. The third kappa shape index (κ3) is 5.95. The van der Waals surface area contributed by atoms with Gasteiger partial charge in [0.05, 0.1) is 5.88 Å². The van der Waals surface area contributed by atoms with Crippen molar-refractivity contribution in [2.45, 2.75) is 58.0 Å². The quantitative estimate of drug-likeness (QED) is 0.662. The van der Waals surface area contributed by atoms with E-state index in [4.69, 9.17) is 5.11 Å². The Morgan fingerprint density at radius 2 is 2.00 bits per heavy atom. The van der Waals surface area contributed by atoms with E-state index in [1.54, 1.807) is 16.7 Å². The van der Waals surface area contributed by atoms with E-state index in [1.165, 1.54) is 0 Å². The molecule has 2 unspecified atom stereocenters. The van der Waals surface area contributed by atoms with Crippen molar-refractivity contribution in [3.8, 4) is 0 Å². The molecule has 6 nitrogen and oxygen atoms in total. The third-order valence-corrected chi connectivity index (χ3v) is 4.55. The van der Waals surface area contributed by atoms with Gasteiger partial charge in [-0.3, -0.25) is 14.4 Å². The molecule has 0 radical (unpaired) electrons. The van der Waals surface area contributed by atoms with Crippen molar-refractivity contribution in [3.05, 3.63) is 0 Å². The SMILES string of the molecule is CCC(C)NC(=O)C1CSCN1C(=O)CCCCC(=O)O. The molecule has 0 aliphatic carbocycles. The van der Waals surface area contributed by atoms with E-state index in [1.807, 2.05) is 13.8 Å². The molecule has 2 atom stereocenters. The number of rotatable bonds is 8. The molecule has 1 aliphatic heterocycles. The van der Waals surface area contributed by atoms with E-state index >= 15 is 0 Å². The molecule has 1 rings (SSSR count). The first-order valence-corrected chi connectivity index (χ1v) is 8.50. The van der Waals surface area contributed by atoms with Crippen LogP contribution in [0.3, 0.4) is 0 Å². The number of hydrogen-bond donors (Lipinski definition) is 2. The summed E-state index contributed by atoms with van der Waals surface area (Å²) in [6.45, 7) is 3.94. The fourth-order valence-corrected chi connectivity index (χ4v) is 3.22. The van der Waals surface area contributed by atoms with Crippen molar-refractivity contribution >= 4 is 29.5 Å². The molecule has 0 aromatic carbocycles. The van der Waals surface area contributed by atoms with Gasteiger partial charge in [0, 0.05) is 24.6 Å². The van der Waals surface area contributed by atoms with Crippen molar-refractivity contribution in [2.24, 2.45) is 0 Å². The van der Waals surface area contributed by atoms with E-state index in [0.717, 1.165) is 6.42 Å². The maximum Gasteiger partial charge on any atom is 0.303 e. The normalized spacial score (nSPS) is 19.3. The summed E-state index contributed by atoms with van der Waals surface area (Å²) >= 11 is 1.58. The zero-order valence-corrected chi connectivity index (χ0v) is 13.4. The highest BCUT2D eigenvalue weighted by molar-refractivity contribution is 7.99. The van der Waals surface area contributed by atoms with E-state index in [-0.39, 0.29) is 24.3 Å². The Balaban J connectivity index is 2.42. The first-order chi connectivity index (χ1) is 9.95. The van der Waals surface area contributed by atoms with Crippen molar-refractivity contribution in [2.75, 3.05) is 11.6 Å².